The van der Waals surface area contributed by atoms with Gasteiger partial charge in [0.2, 0.25) is 0 Å². The van der Waals surface area contributed by atoms with Crippen LogP contribution in [0.15, 0.2) is 60.7 Å². The van der Waals surface area contributed by atoms with E-state index >= 15 is 0 Å². The van der Waals surface area contributed by atoms with Crippen molar-refractivity contribution in [3.63, 3.8) is 0 Å². The summed E-state index contributed by atoms with van der Waals surface area (Å²) < 4.78 is 10.8. The number of methoxy groups -OCH3 is 2. The minimum atomic E-state index is -1.30. The average Bonchev–Trinajstić information content (AvgIpc) is 3.16. The highest BCUT2D eigenvalue weighted by Gasteiger charge is 2.94. The van der Waals surface area contributed by atoms with Crippen LogP contribution in [0, 0.1) is 21.7 Å². The Hall–Kier alpha value is -3.21. The summed E-state index contributed by atoms with van der Waals surface area (Å²) in [7, 11) is 2.69. The summed E-state index contributed by atoms with van der Waals surface area (Å²) in [4.78, 5) is 42.5. The van der Waals surface area contributed by atoms with Crippen molar-refractivity contribution >= 4 is 28.9 Å². The normalized spacial score (nSPS) is 33.4. The number of ether oxygens (including phenoxy) is 2. The van der Waals surface area contributed by atoms with Crippen LogP contribution < -0.4 is 0 Å². The molecule has 2 aromatic rings. The molecular weight excluding hydrogens is 428 g/mol. The maximum absolute atomic E-state index is 14.9. The summed E-state index contributed by atoms with van der Waals surface area (Å²) >= 11 is 0. The number of esters is 2. The smallest absolute Gasteiger partial charge is 0.314 e. The molecule has 0 unspecified atom stereocenters. The van der Waals surface area contributed by atoms with E-state index in [4.69, 9.17) is 9.47 Å². The van der Waals surface area contributed by atoms with Gasteiger partial charge in [0.1, 0.15) is 10.8 Å². The van der Waals surface area contributed by atoms with Crippen LogP contribution in [0.2, 0.25) is 0 Å². The third kappa shape index (κ3) is 2.02. The summed E-state index contributed by atoms with van der Waals surface area (Å²) in [5.74, 6) is -1.03. The van der Waals surface area contributed by atoms with Crippen molar-refractivity contribution in [1.29, 1.82) is 0 Å². The minimum absolute atomic E-state index is 0.0454. The van der Waals surface area contributed by atoms with Crippen LogP contribution in [0.25, 0.3) is 11.1 Å². The number of hydrogen-bond acceptors (Lipinski definition) is 5. The third-order valence-electron chi connectivity index (χ3n) is 9.19. The number of allylic oxidation sites excluding steroid dienone is 2. The molecule has 0 aromatic heterocycles. The Morgan fingerprint density at radius 3 is 1.32 bits per heavy atom. The first kappa shape index (κ1) is 22.6. The fraction of sp³-hybridized carbons (Fsp3) is 0.414. The van der Waals surface area contributed by atoms with Crippen LogP contribution >= 0.6 is 0 Å². The van der Waals surface area contributed by atoms with E-state index in [-0.39, 0.29) is 5.78 Å². The molecule has 0 spiro atoms. The lowest BCUT2D eigenvalue weighted by atomic mass is 9.35. The topological polar surface area (TPSA) is 69.7 Å². The van der Waals surface area contributed by atoms with Crippen LogP contribution in [0.1, 0.15) is 50.7 Å². The summed E-state index contributed by atoms with van der Waals surface area (Å²) in [6.07, 6.45) is 1.60. The van der Waals surface area contributed by atoms with Crippen molar-refractivity contribution in [3.8, 4) is 0 Å². The maximum Gasteiger partial charge on any atom is 0.314 e. The van der Waals surface area contributed by atoms with Crippen LogP contribution in [-0.4, -0.2) is 31.9 Å². The van der Waals surface area contributed by atoms with E-state index in [1.807, 2.05) is 74.5 Å². The molecule has 176 valence electrons. The van der Waals surface area contributed by atoms with Crippen molar-refractivity contribution in [2.45, 2.75) is 39.5 Å². The lowest BCUT2D eigenvalue weighted by molar-refractivity contribution is -0.212. The molecule has 0 saturated heterocycles. The number of rotatable bonds is 6. The largest absolute Gasteiger partial charge is 0.469 e. The number of carbonyl (C=O) groups is 3. The van der Waals surface area contributed by atoms with Gasteiger partial charge < -0.3 is 9.47 Å². The zero-order valence-electron chi connectivity index (χ0n) is 20.1. The molecule has 0 aliphatic heterocycles. The predicted octanol–water partition coefficient (Wildman–Crippen LogP) is 5.10. The zero-order valence-corrected chi connectivity index (χ0v) is 20.1. The van der Waals surface area contributed by atoms with E-state index in [1.165, 1.54) is 14.2 Å². The SMILES string of the molecule is CC[C@@]12C(=O)[C@@](CC)(C(c3ccccc3)=C1c1ccccc1)[C@]1(C(=O)OC)CC[C@]21C(=O)OC. The Morgan fingerprint density at radius 1 is 0.706 bits per heavy atom. The number of hydrogen-bond donors (Lipinski definition) is 0. The van der Waals surface area contributed by atoms with E-state index in [1.54, 1.807) is 0 Å². The standard InChI is InChI=1S/C29H30O5/c1-5-26-21(19-13-9-7-10-14-19)22(20-15-11-8-12-16-20)27(6-2,23(26)30)29(25(32)34-4)18-17-28(26,29)24(31)33-3/h7-16H,5-6,17-18H2,1-4H3/t26-,27+,28-,29+. The molecule has 0 radical (unpaired) electrons. The molecule has 5 heteroatoms. The van der Waals surface area contributed by atoms with Crippen molar-refractivity contribution < 1.29 is 23.9 Å². The van der Waals surface area contributed by atoms with Crippen molar-refractivity contribution in [2.24, 2.45) is 21.7 Å². The highest BCUT2D eigenvalue weighted by Crippen LogP contribution is 2.89. The van der Waals surface area contributed by atoms with Gasteiger partial charge in [0.15, 0.2) is 5.78 Å². The van der Waals surface area contributed by atoms with Gasteiger partial charge in [-0.2, -0.15) is 0 Å². The quantitative estimate of drug-likeness (QED) is 0.564. The molecule has 3 aliphatic carbocycles. The predicted molar refractivity (Wildman–Crippen MR) is 128 cm³/mol. The Bertz CT molecular complexity index is 1120. The number of carbonyl (C=O) groups excluding carboxylic acids is 3. The second kappa shape index (κ2) is 7.39. The van der Waals surface area contributed by atoms with Crippen molar-refractivity contribution in [2.75, 3.05) is 14.2 Å². The van der Waals surface area contributed by atoms with Crippen LogP contribution in [0.3, 0.4) is 0 Å². The first-order chi connectivity index (χ1) is 16.4. The molecule has 3 aliphatic rings. The molecule has 2 saturated carbocycles. The average molecular weight is 459 g/mol. The Labute approximate surface area is 200 Å². The molecule has 2 aromatic carbocycles. The molecule has 0 amide bonds. The molecule has 2 bridgehead atoms. The summed E-state index contributed by atoms with van der Waals surface area (Å²) in [5, 5.41) is 0. The number of Topliss-reactive ketones (excluding diaryl/α,β-unsaturated/α-hetero) is 1. The first-order valence-electron chi connectivity index (χ1n) is 12.0. The van der Waals surface area contributed by atoms with E-state index in [0.29, 0.717) is 25.7 Å². The Morgan fingerprint density at radius 2 is 1.06 bits per heavy atom. The molecule has 5 nitrogen and oxygen atoms in total. The van der Waals surface area contributed by atoms with Crippen molar-refractivity contribution in [1.82, 2.24) is 0 Å². The first-order valence-corrected chi connectivity index (χ1v) is 12.0. The van der Waals surface area contributed by atoms with Crippen LogP contribution in [-0.2, 0) is 23.9 Å². The molecule has 0 N–H and O–H groups in total. The van der Waals surface area contributed by atoms with E-state index < -0.39 is 33.6 Å². The van der Waals surface area contributed by atoms with Gasteiger partial charge in [-0.3, -0.25) is 14.4 Å². The van der Waals surface area contributed by atoms with Crippen LogP contribution in [0.4, 0.5) is 0 Å². The van der Waals surface area contributed by atoms with Gasteiger partial charge in [0.05, 0.1) is 25.0 Å². The fourth-order valence-electron chi connectivity index (χ4n) is 8.13. The minimum Gasteiger partial charge on any atom is -0.469 e. The van der Waals surface area contributed by atoms with Gasteiger partial charge in [-0.15, -0.1) is 0 Å². The fourth-order valence-corrected chi connectivity index (χ4v) is 8.13. The number of ketones is 1. The maximum atomic E-state index is 14.9. The molecule has 2 fully saturated rings. The molecular formula is C29H30O5. The molecule has 0 heterocycles. The Kier molecular flexibility index (Phi) is 4.91. The lowest BCUT2D eigenvalue weighted by Crippen LogP contribution is -2.69. The summed E-state index contributed by atoms with van der Waals surface area (Å²) in [6, 6.07) is 19.7. The van der Waals surface area contributed by atoms with Gasteiger partial charge in [-0.05, 0) is 48.0 Å². The highest BCUT2D eigenvalue weighted by atomic mass is 16.5. The van der Waals surface area contributed by atoms with E-state index in [2.05, 4.69) is 0 Å². The second-order valence-electron chi connectivity index (χ2n) is 9.62. The van der Waals surface area contributed by atoms with E-state index in [9.17, 15) is 14.4 Å². The monoisotopic (exact) mass is 458 g/mol. The molecule has 5 rings (SSSR count). The Balaban J connectivity index is 2.03. The zero-order chi connectivity index (χ0) is 24.4. The second-order valence-corrected chi connectivity index (χ2v) is 9.62. The third-order valence-corrected chi connectivity index (χ3v) is 9.19. The summed E-state index contributed by atoms with van der Waals surface area (Å²) in [5.41, 5.74) is -1.44. The van der Waals surface area contributed by atoms with Gasteiger partial charge in [-0.1, -0.05) is 74.5 Å². The van der Waals surface area contributed by atoms with Gasteiger partial charge in [-0.25, -0.2) is 0 Å². The van der Waals surface area contributed by atoms with Crippen molar-refractivity contribution in [3.05, 3.63) is 71.8 Å². The number of benzene rings is 2. The van der Waals surface area contributed by atoms with Crippen LogP contribution in [0.5, 0.6) is 0 Å². The lowest BCUT2D eigenvalue weighted by Gasteiger charge is -2.63. The van der Waals surface area contributed by atoms with Gasteiger partial charge >= 0.3 is 11.9 Å². The summed E-state index contributed by atoms with van der Waals surface area (Å²) in [6.45, 7) is 3.90. The van der Waals surface area contributed by atoms with Gasteiger partial charge in [0.25, 0.3) is 0 Å². The van der Waals surface area contributed by atoms with Gasteiger partial charge in [0, 0.05) is 0 Å². The van der Waals surface area contributed by atoms with E-state index in [0.717, 1.165) is 22.3 Å². The number of fused-ring (bicyclic) bond motifs is 5. The molecule has 4 atom stereocenters. The molecule has 34 heavy (non-hydrogen) atoms. The highest BCUT2D eigenvalue weighted by molar-refractivity contribution is 6.29.